The number of carbonyl (C=O) groups excluding carboxylic acids is 1. The Labute approximate surface area is 128 Å². The van der Waals surface area contributed by atoms with Crippen molar-refractivity contribution in [1.29, 1.82) is 0 Å². The van der Waals surface area contributed by atoms with Gasteiger partial charge in [0.05, 0.1) is 18.2 Å². The molecule has 6 nitrogen and oxygen atoms in total. The molecule has 116 valence electrons. The van der Waals surface area contributed by atoms with E-state index in [1.807, 2.05) is 31.2 Å². The number of aromatic nitrogens is 2. The van der Waals surface area contributed by atoms with Crippen LogP contribution in [0.5, 0.6) is 5.75 Å². The van der Waals surface area contributed by atoms with E-state index in [0.717, 1.165) is 5.56 Å². The number of hydrogen-bond acceptors (Lipinski definition) is 4. The third-order valence-corrected chi connectivity index (χ3v) is 3.87. The maximum Gasteiger partial charge on any atom is 0.258 e. The number of amides is 1. The minimum atomic E-state index is -0.483. The molecule has 0 unspecified atom stereocenters. The lowest BCUT2D eigenvalue weighted by Gasteiger charge is -2.41. The molecule has 0 spiro atoms. The number of hydrogen-bond donors (Lipinski definition) is 2. The summed E-state index contributed by atoms with van der Waals surface area (Å²) in [6.45, 7) is 1.95. The Kier molecular flexibility index (Phi) is 4.11. The molecule has 22 heavy (non-hydrogen) atoms. The number of carbonyl (C=O) groups is 1. The van der Waals surface area contributed by atoms with E-state index in [2.05, 4.69) is 10.4 Å². The Morgan fingerprint density at radius 1 is 1.45 bits per heavy atom. The third kappa shape index (κ3) is 3.12. The van der Waals surface area contributed by atoms with Gasteiger partial charge in [0, 0.05) is 12.4 Å². The molecule has 2 N–H and O–H groups in total. The second-order valence-electron chi connectivity index (χ2n) is 5.56. The number of benzene rings is 1. The van der Waals surface area contributed by atoms with Crippen molar-refractivity contribution in [3.05, 3.63) is 48.3 Å². The first-order valence-electron chi connectivity index (χ1n) is 7.29. The van der Waals surface area contributed by atoms with Crippen LogP contribution in [0.25, 0.3) is 0 Å². The monoisotopic (exact) mass is 301 g/mol. The second kappa shape index (κ2) is 6.19. The summed E-state index contributed by atoms with van der Waals surface area (Å²) >= 11 is 0. The van der Waals surface area contributed by atoms with Gasteiger partial charge in [-0.1, -0.05) is 17.7 Å². The summed E-state index contributed by atoms with van der Waals surface area (Å²) in [6.07, 6.45) is 3.49. The highest BCUT2D eigenvalue weighted by Crippen LogP contribution is 2.32. The Morgan fingerprint density at radius 3 is 2.86 bits per heavy atom. The summed E-state index contributed by atoms with van der Waals surface area (Å²) in [4.78, 5) is 12.0. The van der Waals surface area contributed by atoms with Crippen LogP contribution in [0.2, 0.25) is 0 Å². The van der Waals surface area contributed by atoms with Crippen LogP contribution in [-0.4, -0.2) is 39.5 Å². The fourth-order valence-corrected chi connectivity index (χ4v) is 2.61. The zero-order chi connectivity index (χ0) is 15.5. The lowest BCUT2D eigenvalue weighted by Crippen LogP contribution is -2.56. The van der Waals surface area contributed by atoms with Crippen molar-refractivity contribution in [3.8, 4) is 5.75 Å². The van der Waals surface area contributed by atoms with Crippen LogP contribution in [0.15, 0.2) is 42.7 Å². The minimum Gasteiger partial charge on any atom is -0.484 e. The summed E-state index contributed by atoms with van der Waals surface area (Å²) in [5.41, 5.74) is 1.14. The van der Waals surface area contributed by atoms with Crippen LogP contribution in [0, 0.1) is 6.92 Å². The number of nitrogens with one attached hydrogen (secondary N) is 1. The van der Waals surface area contributed by atoms with E-state index in [1.165, 1.54) is 0 Å². The van der Waals surface area contributed by atoms with Gasteiger partial charge in [0.25, 0.3) is 5.91 Å². The van der Waals surface area contributed by atoms with Gasteiger partial charge in [-0.05, 0) is 31.5 Å². The topological polar surface area (TPSA) is 76.4 Å². The average molecular weight is 301 g/mol. The molecular formula is C16H19N3O3. The normalized spacial score (nSPS) is 23.6. The number of ether oxygens (including phenoxy) is 1. The molecule has 0 aliphatic heterocycles. The first-order chi connectivity index (χ1) is 10.6. The molecular weight excluding hydrogens is 282 g/mol. The SMILES string of the molecule is Cc1ccc(OCC(=O)N[C@H]2C[C@@H](O)[C@@H]2n2cccn2)cc1. The first kappa shape index (κ1) is 14.6. The maximum absolute atomic E-state index is 12.0. The number of aryl methyl sites for hydroxylation is 1. The fourth-order valence-electron chi connectivity index (χ4n) is 2.61. The average Bonchev–Trinajstić information content (AvgIpc) is 2.99. The van der Waals surface area contributed by atoms with Crippen molar-refractivity contribution >= 4 is 5.91 Å². The van der Waals surface area contributed by atoms with E-state index in [9.17, 15) is 9.90 Å². The van der Waals surface area contributed by atoms with Crippen molar-refractivity contribution in [1.82, 2.24) is 15.1 Å². The standard InChI is InChI=1S/C16H19N3O3/c1-11-3-5-12(6-4-11)22-10-15(21)18-13-9-14(20)16(13)19-8-2-7-17-19/h2-8,13-14,16,20H,9-10H2,1H3,(H,18,21)/t13-,14+,16+/m0/s1. The van der Waals surface area contributed by atoms with Crippen molar-refractivity contribution < 1.29 is 14.6 Å². The summed E-state index contributed by atoms with van der Waals surface area (Å²) in [6, 6.07) is 9.00. The molecule has 1 aromatic carbocycles. The Hall–Kier alpha value is -2.34. The number of aliphatic hydroxyl groups excluding tert-OH is 1. The number of aliphatic hydroxyl groups is 1. The van der Waals surface area contributed by atoms with Gasteiger partial charge >= 0.3 is 0 Å². The molecule has 2 aromatic rings. The molecule has 0 radical (unpaired) electrons. The van der Waals surface area contributed by atoms with E-state index in [-0.39, 0.29) is 24.6 Å². The first-order valence-corrected chi connectivity index (χ1v) is 7.29. The predicted octanol–water partition coefficient (Wildman–Crippen LogP) is 1.06. The van der Waals surface area contributed by atoms with Crippen molar-refractivity contribution in [2.24, 2.45) is 0 Å². The number of rotatable bonds is 5. The molecule has 1 amide bonds. The van der Waals surface area contributed by atoms with E-state index in [1.54, 1.807) is 23.1 Å². The molecule has 0 saturated heterocycles. The second-order valence-corrected chi connectivity index (χ2v) is 5.56. The van der Waals surface area contributed by atoms with Crippen LogP contribution >= 0.6 is 0 Å². The molecule has 0 bridgehead atoms. The van der Waals surface area contributed by atoms with Gasteiger partial charge in [-0.3, -0.25) is 9.48 Å². The fraction of sp³-hybridized carbons (Fsp3) is 0.375. The van der Waals surface area contributed by atoms with Crippen molar-refractivity contribution in [2.45, 2.75) is 31.5 Å². The van der Waals surface area contributed by atoms with Gasteiger partial charge in [-0.2, -0.15) is 5.10 Å². The predicted molar refractivity (Wildman–Crippen MR) is 80.5 cm³/mol. The van der Waals surface area contributed by atoms with Crippen molar-refractivity contribution in [3.63, 3.8) is 0 Å². The van der Waals surface area contributed by atoms with Crippen LogP contribution in [0.3, 0.4) is 0 Å². The molecule has 1 saturated carbocycles. The summed E-state index contributed by atoms with van der Waals surface area (Å²) < 4.78 is 7.13. The highest BCUT2D eigenvalue weighted by atomic mass is 16.5. The Bertz CT molecular complexity index is 625. The molecule has 3 rings (SSSR count). The Balaban J connectivity index is 1.50. The molecule has 1 aliphatic carbocycles. The summed E-state index contributed by atoms with van der Waals surface area (Å²) in [5, 5.41) is 16.9. The van der Waals surface area contributed by atoms with E-state index < -0.39 is 6.10 Å². The highest BCUT2D eigenvalue weighted by Gasteiger charge is 2.42. The van der Waals surface area contributed by atoms with Crippen LogP contribution in [-0.2, 0) is 4.79 Å². The molecule has 1 aromatic heterocycles. The molecule has 3 atom stereocenters. The van der Waals surface area contributed by atoms with Gasteiger partial charge in [-0.15, -0.1) is 0 Å². The zero-order valence-electron chi connectivity index (χ0n) is 12.3. The van der Waals surface area contributed by atoms with Crippen LogP contribution < -0.4 is 10.1 Å². The van der Waals surface area contributed by atoms with Gasteiger partial charge < -0.3 is 15.2 Å². The number of nitrogens with zero attached hydrogens (tertiary/aromatic N) is 2. The zero-order valence-corrected chi connectivity index (χ0v) is 12.3. The van der Waals surface area contributed by atoms with E-state index >= 15 is 0 Å². The van der Waals surface area contributed by atoms with Gasteiger partial charge in [0.1, 0.15) is 5.75 Å². The highest BCUT2D eigenvalue weighted by molar-refractivity contribution is 5.78. The smallest absolute Gasteiger partial charge is 0.258 e. The van der Waals surface area contributed by atoms with Gasteiger partial charge in [0.2, 0.25) is 0 Å². The quantitative estimate of drug-likeness (QED) is 0.866. The lowest BCUT2D eigenvalue weighted by molar-refractivity contribution is -0.126. The third-order valence-electron chi connectivity index (χ3n) is 3.87. The molecule has 1 aliphatic rings. The molecule has 1 fully saturated rings. The maximum atomic E-state index is 12.0. The lowest BCUT2D eigenvalue weighted by atomic mass is 9.83. The van der Waals surface area contributed by atoms with E-state index in [4.69, 9.17) is 4.74 Å². The van der Waals surface area contributed by atoms with Gasteiger partial charge in [0.15, 0.2) is 6.61 Å². The Morgan fingerprint density at radius 2 is 2.23 bits per heavy atom. The minimum absolute atomic E-state index is 0.0402. The largest absolute Gasteiger partial charge is 0.484 e. The summed E-state index contributed by atoms with van der Waals surface area (Å²) in [5.74, 6) is 0.465. The van der Waals surface area contributed by atoms with E-state index in [0.29, 0.717) is 12.2 Å². The summed E-state index contributed by atoms with van der Waals surface area (Å²) in [7, 11) is 0. The molecule has 1 heterocycles. The van der Waals surface area contributed by atoms with Crippen molar-refractivity contribution in [2.75, 3.05) is 6.61 Å². The van der Waals surface area contributed by atoms with Gasteiger partial charge in [-0.25, -0.2) is 0 Å². The van der Waals surface area contributed by atoms with Crippen LogP contribution in [0.1, 0.15) is 18.0 Å². The van der Waals surface area contributed by atoms with Crippen LogP contribution in [0.4, 0.5) is 0 Å². The molecule has 6 heteroatoms.